The summed E-state index contributed by atoms with van der Waals surface area (Å²) < 4.78 is 5.60. The average Bonchev–Trinajstić information content (AvgIpc) is 2.43. The van der Waals surface area contributed by atoms with Gasteiger partial charge in [-0.2, -0.15) is 0 Å². The minimum atomic E-state index is -0.852. The zero-order valence-electron chi connectivity index (χ0n) is 12.6. The van der Waals surface area contributed by atoms with Gasteiger partial charge in [-0.25, -0.2) is 0 Å². The standard InChI is InChI=1S/C15H29NO3/c1-4-12(2)15(3,18)11-16-14(17)10-19-13-8-6-5-7-9-13/h12-13,18H,4-11H2,1-3H3,(H,16,17). The number of rotatable bonds is 7. The lowest BCUT2D eigenvalue weighted by Gasteiger charge is -2.30. The van der Waals surface area contributed by atoms with Crippen molar-refractivity contribution in [3.8, 4) is 0 Å². The molecule has 4 heteroatoms. The van der Waals surface area contributed by atoms with Crippen LogP contribution in [0.4, 0.5) is 0 Å². The minimum absolute atomic E-state index is 0.112. The maximum Gasteiger partial charge on any atom is 0.246 e. The quantitative estimate of drug-likeness (QED) is 0.746. The van der Waals surface area contributed by atoms with Gasteiger partial charge in [-0.1, -0.05) is 39.5 Å². The van der Waals surface area contributed by atoms with Crippen LogP contribution in [-0.4, -0.2) is 35.9 Å². The highest BCUT2D eigenvalue weighted by atomic mass is 16.5. The van der Waals surface area contributed by atoms with Gasteiger partial charge >= 0.3 is 0 Å². The van der Waals surface area contributed by atoms with E-state index in [0.29, 0.717) is 0 Å². The van der Waals surface area contributed by atoms with Crippen molar-refractivity contribution in [3.63, 3.8) is 0 Å². The van der Waals surface area contributed by atoms with Gasteiger partial charge in [-0.15, -0.1) is 0 Å². The molecule has 1 rings (SSSR count). The Bertz CT molecular complexity index is 273. The summed E-state index contributed by atoms with van der Waals surface area (Å²) in [6, 6.07) is 0. The van der Waals surface area contributed by atoms with Gasteiger partial charge in [0.05, 0.1) is 11.7 Å². The van der Waals surface area contributed by atoms with E-state index in [2.05, 4.69) is 5.32 Å². The zero-order valence-corrected chi connectivity index (χ0v) is 12.6. The van der Waals surface area contributed by atoms with Crippen LogP contribution in [0.1, 0.15) is 59.3 Å². The van der Waals surface area contributed by atoms with Crippen LogP contribution in [0.25, 0.3) is 0 Å². The average molecular weight is 271 g/mol. The molecule has 0 aromatic heterocycles. The first kappa shape index (κ1) is 16.4. The van der Waals surface area contributed by atoms with E-state index in [1.165, 1.54) is 19.3 Å². The van der Waals surface area contributed by atoms with Crippen LogP contribution in [0.3, 0.4) is 0 Å². The van der Waals surface area contributed by atoms with E-state index in [-0.39, 0.29) is 31.1 Å². The van der Waals surface area contributed by atoms with E-state index < -0.39 is 5.60 Å². The van der Waals surface area contributed by atoms with Crippen LogP contribution in [-0.2, 0) is 9.53 Å². The number of hydrogen-bond acceptors (Lipinski definition) is 3. The van der Waals surface area contributed by atoms with E-state index >= 15 is 0 Å². The highest BCUT2D eigenvalue weighted by molar-refractivity contribution is 5.77. The van der Waals surface area contributed by atoms with Crippen molar-refractivity contribution in [2.75, 3.05) is 13.2 Å². The third kappa shape index (κ3) is 5.91. The van der Waals surface area contributed by atoms with Gasteiger partial charge in [0.1, 0.15) is 6.61 Å². The summed E-state index contributed by atoms with van der Waals surface area (Å²) in [6.07, 6.45) is 6.96. The maximum absolute atomic E-state index is 11.7. The molecule has 1 aliphatic rings. The summed E-state index contributed by atoms with van der Waals surface area (Å²) in [7, 11) is 0. The molecule has 19 heavy (non-hydrogen) atoms. The molecule has 0 spiro atoms. The fourth-order valence-corrected chi connectivity index (χ4v) is 2.37. The molecule has 2 unspecified atom stereocenters. The summed E-state index contributed by atoms with van der Waals surface area (Å²) in [5.41, 5.74) is -0.852. The number of ether oxygens (including phenoxy) is 1. The highest BCUT2D eigenvalue weighted by Crippen LogP contribution is 2.20. The lowest BCUT2D eigenvalue weighted by Crippen LogP contribution is -2.46. The Balaban J connectivity index is 2.20. The molecule has 2 N–H and O–H groups in total. The van der Waals surface area contributed by atoms with Crippen LogP contribution in [0.15, 0.2) is 0 Å². The fourth-order valence-electron chi connectivity index (χ4n) is 2.37. The Kier molecular flexibility index (Phi) is 6.80. The number of carbonyl (C=O) groups is 1. The summed E-state index contributed by atoms with van der Waals surface area (Å²) in [6.45, 7) is 6.19. The molecule has 0 radical (unpaired) electrons. The fraction of sp³-hybridized carbons (Fsp3) is 0.933. The first-order valence-electron chi connectivity index (χ1n) is 7.56. The predicted octanol–water partition coefficient (Wildman–Crippen LogP) is 2.25. The summed E-state index contributed by atoms with van der Waals surface area (Å²) in [5.74, 6) is 0.0289. The largest absolute Gasteiger partial charge is 0.388 e. The van der Waals surface area contributed by atoms with E-state index in [1.54, 1.807) is 6.92 Å². The summed E-state index contributed by atoms with van der Waals surface area (Å²) in [5, 5.41) is 13.0. The summed E-state index contributed by atoms with van der Waals surface area (Å²) in [4.78, 5) is 11.7. The summed E-state index contributed by atoms with van der Waals surface area (Å²) >= 11 is 0. The van der Waals surface area contributed by atoms with Crippen molar-refractivity contribution in [2.24, 2.45) is 5.92 Å². The van der Waals surface area contributed by atoms with Gasteiger partial charge in [0.25, 0.3) is 0 Å². The molecule has 0 aliphatic heterocycles. The molecule has 1 aliphatic carbocycles. The second kappa shape index (κ2) is 7.85. The predicted molar refractivity (Wildman–Crippen MR) is 75.9 cm³/mol. The molecule has 0 bridgehead atoms. The van der Waals surface area contributed by atoms with Crippen molar-refractivity contribution in [1.82, 2.24) is 5.32 Å². The lowest BCUT2D eigenvalue weighted by molar-refractivity contribution is -0.130. The number of amides is 1. The van der Waals surface area contributed by atoms with E-state index in [9.17, 15) is 9.90 Å². The topological polar surface area (TPSA) is 58.6 Å². The van der Waals surface area contributed by atoms with Crippen LogP contribution >= 0.6 is 0 Å². The maximum atomic E-state index is 11.7. The van der Waals surface area contributed by atoms with Gasteiger partial charge in [0, 0.05) is 6.54 Å². The normalized spacial score (nSPS) is 21.7. The smallest absolute Gasteiger partial charge is 0.246 e. The second-order valence-electron chi connectivity index (χ2n) is 6.01. The van der Waals surface area contributed by atoms with Gasteiger partial charge in [-0.05, 0) is 25.7 Å². The third-order valence-corrected chi connectivity index (χ3v) is 4.32. The van der Waals surface area contributed by atoms with Crippen LogP contribution in [0, 0.1) is 5.92 Å². The number of aliphatic hydroxyl groups is 1. The van der Waals surface area contributed by atoms with Crippen molar-refractivity contribution in [3.05, 3.63) is 0 Å². The molecule has 1 amide bonds. The number of carbonyl (C=O) groups excluding carboxylic acids is 1. The van der Waals surface area contributed by atoms with Gasteiger partial charge in [0.15, 0.2) is 0 Å². The Labute approximate surface area is 116 Å². The third-order valence-electron chi connectivity index (χ3n) is 4.32. The number of nitrogens with one attached hydrogen (secondary N) is 1. The SMILES string of the molecule is CCC(C)C(C)(O)CNC(=O)COC1CCCCC1. The monoisotopic (exact) mass is 271 g/mol. The van der Waals surface area contributed by atoms with E-state index in [1.807, 2.05) is 13.8 Å². The molecular formula is C15H29NO3. The van der Waals surface area contributed by atoms with E-state index in [0.717, 1.165) is 19.3 Å². The molecular weight excluding hydrogens is 242 g/mol. The van der Waals surface area contributed by atoms with Gasteiger partial charge in [-0.3, -0.25) is 4.79 Å². The molecule has 0 aromatic carbocycles. The molecule has 112 valence electrons. The molecule has 0 heterocycles. The molecule has 1 fully saturated rings. The Morgan fingerprint density at radius 3 is 2.63 bits per heavy atom. The first-order chi connectivity index (χ1) is 8.95. The van der Waals surface area contributed by atoms with Crippen molar-refractivity contribution < 1.29 is 14.6 Å². The molecule has 2 atom stereocenters. The van der Waals surface area contributed by atoms with Gasteiger partial charge < -0.3 is 15.2 Å². The Morgan fingerprint density at radius 1 is 1.42 bits per heavy atom. The first-order valence-corrected chi connectivity index (χ1v) is 7.56. The molecule has 0 saturated heterocycles. The highest BCUT2D eigenvalue weighted by Gasteiger charge is 2.27. The zero-order chi connectivity index (χ0) is 14.3. The Morgan fingerprint density at radius 2 is 2.05 bits per heavy atom. The van der Waals surface area contributed by atoms with Crippen molar-refractivity contribution in [2.45, 2.75) is 71.0 Å². The minimum Gasteiger partial charge on any atom is -0.388 e. The van der Waals surface area contributed by atoms with Crippen LogP contribution in [0.2, 0.25) is 0 Å². The van der Waals surface area contributed by atoms with Crippen molar-refractivity contribution >= 4 is 5.91 Å². The van der Waals surface area contributed by atoms with E-state index in [4.69, 9.17) is 4.74 Å². The molecule has 4 nitrogen and oxygen atoms in total. The van der Waals surface area contributed by atoms with Crippen LogP contribution in [0.5, 0.6) is 0 Å². The van der Waals surface area contributed by atoms with Crippen molar-refractivity contribution in [1.29, 1.82) is 0 Å². The molecule has 1 saturated carbocycles. The van der Waals surface area contributed by atoms with Crippen LogP contribution < -0.4 is 5.32 Å². The Hall–Kier alpha value is -0.610. The van der Waals surface area contributed by atoms with Gasteiger partial charge in [0.2, 0.25) is 5.91 Å². The number of hydrogen-bond donors (Lipinski definition) is 2. The second-order valence-corrected chi connectivity index (χ2v) is 6.01. The molecule has 0 aromatic rings. The lowest BCUT2D eigenvalue weighted by atomic mass is 9.89.